The maximum absolute atomic E-state index is 12.7. The van der Waals surface area contributed by atoms with Crippen molar-refractivity contribution < 1.29 is 4.79 Å². The Morgan fingerprint density at radius 3 is 2.57 bits per heavy atom. The van der Waals surface area contributed by atoms with Crippen molar-refractivity contribution in [3.8, 4) is 10.4 Å². The van der Waals surface area contributed by atoms with Gasteiger partial charge in [-0.1, -0.05) is 37.3 Å². The van der Waals surface area contributed by atoms with Crippen LogP contribution in [0.2, 0.25) is 0 Å². The normalized spacial score (nSPS) is 16.1. The molecule has 1 aromatic carbocycles. The van der Waals surface area contributed by atoms with Crippen molar-refractivity contribution >= 4 is 17.2 Å². The Bertz CT molecular complexity index is 603. The molecule has 110 valence electrons. The van der Waals surface area contributed by atoms with Gasteiger partial charge in [0, 0.05) is 26.2 Å². The second kappa shape index (κ2) is 6.37. The summed E-state index contributed by atoms with van der Waals surface area (Å²) in [6.07, 6.45) is 0. The van der Waals surface area contributed by atoms with Gasteiger partial charge in [-0.25, -0.2) is 4.98 Å². The highest BCUT2D eigenvalue weighted by Gasteiger charge is 2.25. The average Bonchev–Trinajstić information content (AvgIpc) is 3.04. The molecule has 5 heteroatoms. The van der Waals surface area contributed by atoms with Gasteiger partial charge < -0.3 is 9.80 Å². The van der Waals surface area contributed by atoms with Crippen molar-refractivity contribution in [2.45, 2.75) is 6.92 Å². The second-order valence-electron chi connectivity index (χ2n) is 5.12. The minimum absolute atomic E-state index is 0.0610. The maximum atomic E-state index is 12.7. The van der Waals surface area contributed by atoms with E-state index in [9.17, 15) is 4.79 Å². The van der Waals surface area contributed by atoms with Crippen LogP contribution < -0.4 is 0 Å². The van der Waals surface area contributed by atoms with E-state index in [1.807, 2.05) is 35.2 Å². The number of hydrogen-bond donors (Lipinski definition) is 0. The van der Waals surface area contributed by atoms with Crippen LogP contribution in [0.4, 0.5) is 0 Å². The van der Waals surface area contributed by atoms with Gasteiger partial charge in [0.15, 0.2) is 0 Å². The quantitative estimate of drug-likeness (QED) is 0.874. The number of rotatable bonds is 3. The van der Waals surface area contributed by atoms with Crippen molar-refractivity contribution in [2.24, 2.45) is 0 Å². The van der Waals surface area contributed by atoms with Crippen molar-refractivity contribution in [3.05, 3.63) is 41.5 Å². The van der Waals surface area contributed by atoms with Crippen molar-refractivity contribution in [2.75, 3.05) is 32.7 Å². The summed E-state index contributed by atoms with van der Waals surface area (Å²) in [5.41, 5.74) is 3.42. The minimum Gasteiger partial charge on any atom is -0.335 e. The Morgan fingerprint density at radius 1 is 1.19 bits per heavy atom. The summed E-state index contributed by atoms with van der Waals surface area (Å²) >= 11 is 1.53. The van der Waals surface area contributed by atoms with Crippen LogP contribution in [-0.4, -0.2) is 53.4 Å². The van der Waals surface area contributed by atoms with E-state index in [2.05, 4.69) is 16.8 Å². The molecule has 21 heavy (non-hydrogen) atoms. The first-order valence-electron chi connectivity index (χ1n) is 7.30. The van der Waals surface area contributed by atoms with E-state index in [-0.39, 0.29) is 5.91 Å². The molecule has 0 saturated carbocycles. The zero-order valence-corrected chi connectivity index (χ0v) is 13.0. The largest absolute Gasteiger partial charge is 0.335 e. The molecule has 2 heterocycles. The number of benzene rings is 1. The minimum atomic E-state index is 0.0610. The lowest BCUT2D eigenvalue weighted by molar-refractivity contribution is 0.0639. The molecule has 0 N–H and O–H groups in total. The smallest absolute Gasteiger partial charge is 0.274 e. The van der Waals surface area contributed by atoms with E-state index in [1.54, 1.807) is 5.51 Å². The first-order chi connectivity index (χ1) is 10.3. The van der Waals surface area contributed by atoms with E-state index in [1.165, 1.54) is 11.3 Å². The van der Waals surface area contributed by atoms with Crippen LogP contribution in [0, 0.1) is 0 Å². The van der Waals surface area contributed by atoms with Gasteiger partial charge in [0.2, 0.25) is 0 Å². The Hall–Kier alpha value is -1.72. The second-order valence-corrected chi connectivity index (χ2v) is 5.98. The molecule has 0 aliphatic carbocycles. The number of hydrogen-bond acceptors (Lipinski definition) is 4. The molecule has 0 unspecified atom stereocenters. The van der Waals surface area contributed by atoms with Gasteiger partial charge in [0.1, 0.15) is 5.69 Å². The fraction of sp³-hybridized carbons (Fsp3) is 0.375. The van der Waals surface area contributed by atoms with E-state index in [0.29, 0.717) is 5.69 Å². The van der Waals surface area contributed by atoms with Crippen molar-refractivity contribution in [1.82, 2.24) is 14.8 Å². The van der Waals surface area contributed by atoms with Crippen LogP contribution in [0.25, 0.3) is 10.4 Å². The number of aromatic nitrogens is 1. The third-order valence-corrected chi connectivity index (χ3v) is 4.79. The lowest BCUT2D eigenvalue weighted by atomic mass is 10.1. The summed E-state index contributed by atoms with van der Waals surface area (Å²) in [6, 6.07) is 10.0. The van der Waals surface area contributed by atoms with Gasteiger partial charge in [-0.3, -0.25) is 4.79 Å². The highest BCUT2D eigenvalue weighted by atomic mass is 32.1. The number of nitrogens with zero attached hydrogens (tertiary/aromatic N) is 3. The first kappa shape index (κ1) is 14.2. The van der Waals surface area contributed by atoms with E-state index in [4.69, 9.17) is 0 Å². The van der Waals surface area contributed by atoms with Crippen LogP contribution in [-0.2, 0) is 0 Å². The van der Waals surface area contributed by atoms with Crippen LogP contribution in [0.1, 0.15) is 17.4 Å². The topological polar surface area (TPSA) is 36.4 Å². The number of piperazine rings is 1. The summed E-state index contributed by atoms with van der Waals surface area (Å²) in [4.78, 5) is 22.3. The molecule has 1 saturated heterocycles. The van der Waals surface area contributed by atoms with Gasteiger partial charge in [-0.15, -0.1) is 11.3 Å². The number of thiazole rings is 1. The molecule has 0 radical (unpaired) electrons. The summed E-state index contributed by atoms with van der Waals surface area (Å²) < 4.78 is 0. The van der Waals surface area contributed by atoms with Gasteiger partial charge in [-0.2, -0.15) is 0 Å². The molecule has 1 amide bonds. The zero-order chi connectivity index (χ0) is 14.7. The zero-order valence-electron chi connectivity index (χ0n) is 12.2. The Balaban J connectivity index is 1.79. The molecule has 1 aliphatic rings. The molecule has 0 atom stereocenters. The Labute approximate surface area is 129 Å². The summed E-state index contributed by atoms with van der Waals surface area (Å²) in [6.45, 7) is 6.69. The lowest BCUT2D eigenvalue weighted by Gasteiger charge is -2.33. The third-order valence-electron chi connectivity index (χ3n) is 3.91. The molecule has 1 aromatic heterocycles. The maximum Gasteiger partial charge on any atom is 0.274 e. The first-order valence-corrected chi connectivity index (χ1v) is 8.18. The van der Waals surface area contributed by atoms with Crippen molar-refractivity contribution in [1.29, 1.82) is 0 Å². The number of amides is 1. The van der Waals surface area contributed by atoms with Gasteiger partial charge in [-0.05, 0) is 12.1 Å². The van der Waals surface area contributed by atoms with Crippen LogP contribution >= 0.6 is 11.3 Å². The number of carbonyl (C=O) groups excluding carboxylic acids is 1. The molecule has 3 rings (SSSR count). The Morgan fingerprint density at radius 2 is 1.90 bits per heavy atom. The molecule has 4 nitrogen and oxygen atoms in total. The van der Waals surface area contributed by atoms with E-state index in [0.717, 1.165) is 43.2 Å². The SMILES string of the molecule is CCN1CCN(C(=O)c2ncsc2-c2ccccc2)CC1. The summed E-state index contributed by atoms with van der Waals surface area (Å²) in [5.74, 6) is 0.0610. The highest BCUT2D eigenvalue weighted by Crippen LogP contribution is 2.28. The highest BCUT2D eigenvalue weighted by molar-refractivity contribution is 7.13. The lowest BCUT2D eigenvalue weighted by Crippen LogP contribution is -2.48. The van der Waals surface area contributed by atoms with E-state index < -0.39 is 0 Å². The van der Waals surface area contributed by atoms with Crippen LogP contribution in [0.5, 0.6) is 0 Å². The standard InChI is InChI=1S/C16H19N3OS/c1-2-18-8-10-19(11-9-18)16(20)14-15(21-12-17-14)13-6-4-3-5-7-13/h3-7,12H,2,8-11H2,1H3. The molecule has 2 aromatic rings. The van der Waals surface area contributed by atoms with Crippen LogP contribution in [0.15, 0.2) is 35.8 Å². The average molecular weight is 301 g/mol. The summed E-state index contributed by atoms with van der Waals surface area (Å²) in [5, 5.41) is 0. The van der Waals surface area contributed by atoms with Gasteiger partial charge in [0.05, 0.1) is 10.4 Å². The third kappa shape index (κ3) is 2.99. The number of likely N-dealkylation sites (N-methyl/N-ethyl adjacent to an activating group) is 1. The molecule has 0 spiro atoms. The van der Waals surface area contributed by atoms with E-state index >= 15 is 0 Å². The predicted octanol–water partition coefficient (Wildman–Crippen LogP) is 2.59. The molecule has 1 aliphatic heterocycles. The monoisotopic (exact) mass is 301 g/mol. The molecular weight excluding hydrogens is 282 g/mol. The van der Waals surface area contributed by atoms with Crippen LogP contribution in [0.3, 0.4) is 0 Å². The fourth-order valence-electron chi connectivity index (χ4n) is 2.61. The fourth-order valence-corrected chi connectivity index (χ4v) is 3.40. The van der Waals surface area contributed by atoms with Crippen molar-refractivity contribution in [3.63, 3.8) is 0 Å². The molecule has 0 bridgehead atoms. The van der Waals surface area contributed by atoms with Gasteiger partial charge in [0.25, 0.3) is 5.91 Å². The predicted molar refractivity (Wildman–Crippen MR) is 85.6 cm³/mol. The van der Waals surface area contributed by atoms with Gasteiger partial charge >= 0.3 is 0 Å². The Kier molecular flexibility index (Phi) is 4.31. The molecular formula is C16H19N3OS. The molecule has 1 fully saturated rings. The number of carbonyl (C=O) groups is 1. The summed E-state index contributed by atoms with van der Waals surface area (Å²) in [7, 11) is 0.